The maximum Gasteiger partial charge on any atom is 0.192 e. The Morgan fingerprint density at radius 3 is 2.48 bits per heavy atom. The Labute approximate surface area is 162 Å². The van der Waals surface area contributed by atoms with Crippen molar-refractivity contribution in [3.63, 3.8) is 0 Å². The monoisotopic (exact) mass is 420 g/mol. The van der Waals surface area contributed by atoms with Crippen molar-refractivity contribution in [3.05, 3.63) is 65.5 Å². The summed E-state index contributed by atoms with van der Waals surface area (Å²) in [6, 6.07) is 16.0. The molecule has 0 unspecified atom stereocenters. The second-order valence-corrected chi connectivity index (χ2v) is 6.92. The molecule has 3 heterocycles. The standard InChI is InChI=1S/C19H13BrN6O/c1-27-15-8-2-12(3-9-15)16-10-25(14-6-4-13(20)5-7-14)18-17(16)19-22-23-24-26(19)11-21-18/h2-11H,1H3. The number of fused-ring (bicyclic) bond motifs is 3. The van der Waals surface area contributed by atoms with E-state index in [1.54, 1.807) is 18.0 Å². The number of benzene rings is 2. The fourth-order valence-corrected chi connectivity index (χ4v) is 3.44. The molecule has 0 aliphatic rings. The Morgan fingerprint density at radius 1 is 0.963 bits per heavy atom. The molecule has 0 bridgehead atoms. The van der Waals surface area contributed by atoms with Crippen LogP contribution in [0.1, 0.15) is 0 Å². The van der Waals surface area contributed by atoms with Crippen LogP contribution in [0.15, 0.2) is 65.5 Å². The van der Waals surface area contributed by atoms with Crippen molar-refractivity contribution in [2.24, 2.45) is 0 Å². The van der Waals surface area contributed by atoms with Crippen LogP contribution in [0, 0.1) is 0 Å². The predicted molar refractivity (Wildman–Crippen MR) is 105 cm³/mol. The molecule has 3 aromatic heterocycles. The van der Waals surface area contributed by atoms with Gasteiger partial charge in [-0.25, -0.2) is 4.98 Å². The highest BCUT2D eigenvalue weighted by Crippen LogP contribution is 2.34. The molecule has 0 N–H and O–H groups in total. The molecule has 0 saturated carbocycles. The SMILES string of the molecule is COc1ccc(-c2cn(-c3ccc(Br)cc3)c3ncn4nnnc4c23)cc1. The summed E-state index contributed by atoms with van der Waals surface area (Å²) in [5.41, 5.74) is 4.51. The van der Waals surface area contributed by atoms with E-state index in [1.807, 2.05) is 48.5 Å². The Balaban J connectivity index is 1.83. The molecule has 7 nitrogen and oxygen atoms in total. The lowest BCUT2D eigenvalue weighted by atomic mass is 10.1. The average Bonchev–Trinajstić information content (AvgIpc) is 3.33. The van der Waals surface area contributed by atoms with Crippen LogP contribution in [0.25, 0.3) is 33.5 Å². The van der Waals surface area contributed by atoms with Gasteiger partial charge in [0.1, 0.15) is 12.1 Å². The fraction of sp³-hybridized carbons (Fsp3) is 0.0526. The van der Waals surface area contributed by atoms with Gasteiger partial charge < -0.3 is 9.30 Å². The number of hydrogen-bond acceptors (Lipinski definition) is 5. The Kier molecular flexibility index (Phi) is 3.64. The maximum absolute atomic E-state index is 5.28. The topological polar surface area (TPSA) is 70.1 Å². The highest BCUT2D eigenvalue weighted by Gasteiger charge is 2.18. The summed E-state index contributed by atoms with van der Waals surface area (Å²) in [4.78, 5) is 4.61. The van der Waals surface area contributed by atoms with Gasteiger partial charge in [0.05, 0.1) is 12.5 Å². The lowest BCUT2D eigenvalue weighted by Gasteiger charge is -2.04. The molecule has 8 heteroatoms. The van der Waals surface area contributed by atoms with Gasteiger partial charge in [0.25, 0.3) is 0 Å². The second kappa shape index (κ2) is 6.17. The van der Waals surface area contributed by atoms with Crippen LogP contribution in [0.4, 0.5) is 0 Å². The molecule has 5 aromatic rings. The van der Waals surface area contributed by atoms with Crippen molar-refractivity contribution in [1.29, 1.82) is 0 Å². The van der Waals surface area contributed by atoms with Gasteiger partial charge in [-0.1, -0.05) is 28.1 Å². The first-order valence-corrected chi connectivity index (χ1v) is 9.02. The summed E-state index contributed by atoms with van der Waals surface area (Å²) < 4.78 is 9.94. The Morgan fingerprint density at radius 2 is 1.74 bits per heavy atom. The maximum atomic E-state index is 5.28. The zero-order chi connectivity index (χ0) is 18.4. The van der Waals surface area contributed by atoms with E-state index in [2.05, 4.69) is 47.2 Å². The van der Waals surface area contributed by atoms with Gasteiger partial charge in [-0.2, -0.15) is 4.52 Å². The van der Waals surface area contributed by atoms with E-state index in [0.717, 1.165) is 38.1 Å². The highest BCUT2D eigenvalue weighted by molar-refractivity contribution is 9.10. The zero-order valence-electron chi connectivity index (χ0n) is 14.2. The van der Waals surface area contributed by atoms with Crippen molar-refractivity contribution in [1.82, 2.24) is 29.6 Å². The number of ether oxygens (including phenoxy) is 1. The highest BCUT2D eigenvalue weighted by atomic mass is 79.9. The first-order chi connectivity index (χ1) is 13.2. The quantitative estimate of drug-likeness (QED) is 0.442. The van der Waals surface area contributed by atoms with E-state index in [1.165, 1.54) is 0 Å². The summed E-state index contributed by atoms with van der Waals surface area (Å²) in [6.07, 6.45) is 3.70. The molecular weight excluding hydrogens is 408 g/mol. The zero-order valence-corrected chi connectivity index (χ0v) is 15.8. The Bertz CT molecular complexity index is 1260. The molecule has 0 aliphatic heterocycles. The number of halogens is 1. The lowest BCUT2D eigenvalue weighted by Crippen LogP contribution is -1.96. The molecule has 0 fully saturated rings. The first kappa shape index (κ1) is 16.0. The van der Waals surface area contributed by atoms with Gasteiger partial charge in [-0.15, -0.1) is 5.10 Å². The van der Waals surface area contributed by atoms with Crippen molar-refractivity contribution in [2.75, 3.05) is 7.11 Å². The third kappa shape index (κ3) is 2.57. The number of nitrogens with zero attached hydrogens (tertiary/aromatic N) is 6. The molecule has 132 valence electrons. The second-order valence-electron chi connectivity index (χ2n) is 6.01. The van der Waals surface area contributed by atoms with Gasteiger partial charge in [0.2, 0.25) is 0 Å². The van der Waals surface area contributed by atoms with Crippen LogP contribution in [0.3, 0.4) is 0 Å². The van der Waals surface area contributed by atoms with Crippen LogP contribution in [-0.4, -0.2) is 36.7 Å². The summed E-state index contributed by atoms with van der Waals surface area (Å²) in [5.74, 6) is 0.808. The summed E-state index contributed by atoms with van der Waals surface area (Å²) in [5, 5.41) is 12.9. The normalized spacial score (nSPS) is 11.3. The van der Waals surface area contributed by atoms with Crippen LogP contribution < -0.4 is 4.74 Å². The molecular formula is C19H13BrN6O. The minimum Gasteiger partial charge on any atom is -0.497 e. The van der Waals surface area contributed by atoms with Crippen molar-refractivity contribution in [2.45, 2.75) is 0 Å². The van der Waals surface area contributed by atoms with Crippen LogP contribution in [0.5, 0.6) is 5.75 Å². The summed E-state index contributed by atoms with van der Waals surface area (Å²) in [6.45, 7) is 0. The van der Waals surface area contributed by atoms with E-state index >= 15 is 0 Å². The summed E-state index contributed by atoms with van der Waals surface area (Å²) in [7, 11) is 1.66. The smallest absolute Gasteiger partial charge is 0.192 e. The molecule has 0 amide bonds. The van der Waals surface area contributed by atoms with E-state index in [9.17, 15) is 0 Å². The van der Waals surface area contributed by atoms with Gasteiger partial charge in [0, 0.05) is 21.9 Å². The number of rotatable bonds is 3. The van der Waals surface area contributed by atoms with Gasteiger partial charge in [0.15, 0.2) is 11.3 Å². The van der Waals surface area contributed by atoms with Crippen molar-refractivity contribution >= 4 is 32.6 Å². The number of hydrogen-bond donors (Lipinski definition) is 0. The molecule has 2 aromatic carbocycles. The van der Waals surface area contributed by atoms with Gasteiger partial charge in [-0.3, -0.25) is 0 Å². The van der Waals surface area contributed by atoms with Gasteiger partial charge in [-0.05, 0) is 52.4 Å². The third-order valence-electron chi connectivity index (χ3n) is 4.49. The molecule has 0 saturated heterocycles. The largest absolute Gasteiger partial charge is 0.497 e. The molecule has 0 atom stereocenters. The van der Waals surface area contributed by atoms with E-state index in [-0.39, 0.29) is 0 Å². The molecule has 27 heavy (non-hydrogen) atoms. The number of methoxy groups -OCH3 is 1. The fourth-order valence-electron chi connectivity index (χ4n) is 3.18. The molecule has 5 rings (SSSR count). The minimum absolute atomic E-state index is 0.668. The minimum atomic E-state index is 0.668. The summed E-state index contributed by atoms with van der Waals surface area (Å²) >= 11 is 3.48. The number of tetrazole rings is 1. The van der Waals surface area contributed by atoms with Gasteiger partial charge >= 0.3 is 0 Å². The Hall–Kier alpha value is -3.26. The van der Waals surface area contributed by atoms with Crippen LogP contribution in [0.2, 0.25) is 0 Å². The van der Waals surface area contributed by atoms with Crippen LogP contribution in [-0.2, 0) is 0 Å². The third-order valence-corrected chi connectivity index (χ3v) is 5.02. The van der Waals surface area contributed by atoms with E-state index in [0.29, 0.717) is 5.65 Å². The predicted octanol–water partition coefficient (Wildman–Crippen LogP) is 3.90. The first-order valence-electron chi connectivity index (χ1n) is 8.23. The number of aromatic nitrogens is 6. The molecule has 0 spiro atoms. The van der Waals surface area contributed by atoms with Crippen LogP contribution >= 0.6 is 15.9 Å². The van der Waals surface area contributed by atoms with Crippen molar-refractivity contribution in [3.8, 4) is 22.6 Å². The average molecular weight is 421 g/mol. The van der Waals surface area contributed by atoms with E-state index in [4.69, 9.17) is 4.74 Å². The lowest BCUT2D eigenvalue weighted by molar-refractivity contribution is 0.415. The van der Waals surface area contributed by atoms with E-state index < -0.39 is 0 Å². The molecule has 0 radical (unpaired) electrons. The molecule has 0 aliphatic carbocycles. The van der Waals surface area contributed by atoms with Crippen molar-refractivity contribution < 1.29 is 4.74 Å².